The molecule has 0 aliphatic carbocycles. The number of halogens is 3. The van der Waals surface area contributed by atoms with Crippen LogP contribution < -0.4 is 10.5 Å². The van der Waals surface area contributed by atoms with E-state index in [9.17, 15) is 0 Å². The maximum atomic E-state index is 5.99. The van der Waals surface area contributed by atoms with Crippen LogP contribution in [0.2, 0.25) is 10.0 Å². The summed E-state index contributed by atoms with van der Waals surface area (Å²) in [5.41, 5.74) is 7.86. The Morgan fingerprint density at radius 3 is 2.55 bits per heavy atom. The highest BCUT2D eigenvalue weighted by molar-refractivity contribution is 9.10. The van der Waals surface area contributed by atoms with Crippen LogP contribution in [0.5, 0.6) is 5.75 Å². The fraction of sp³-hybridized carbons (Fsp3) is 0.200. The van der Waals surface area contributed by atoms with Crippen molar-refractivity contribution in [3.05, 3.63) is 62.0 Å². The number of nitrogens with two attached hydrogens (primary N) is 1. The normalized spacial score (nSPS) is 12.2. The molecule has 2 aromatic rings. The van der Waals surface area contributed by atoms with Gasteiger partial charge in [0.2, 0.25) is 0 Å². The zero-order valence-corrected chi connectivity index (χ0v) is 14.0. The molecule has 0 spiro atoms. The predicted molar refractivity (Wildman–Crippen MR) is 87.5 cm³/mol. The first kappa shape index (κ1) is 15.6. The summed E-state index contributed by atoms with van der Waals surface area (Å²) in [5, 5.41) is 1.06. The van der Waals surface area contributed by atoms with Gasteiger partial charge in [0.25, 0.3) is 0 Å². The van der Waals surface area contributed by atoms with Crippen LogP contribution in [0.15, 0.2) is 40.9 Å². The highest BCUT2D eigenvalue weighted by Crippen LogP contribution is 2.29. The van der Waals surface area contributed by atoms with E-state index >= 15 is 0 Å². The first-order chi connectivity index (χ1) is 9.47. The maximum Gasteiger partial charge on any atom is 0.125 e. The molecule has 0 aliphatic heterocycles. The van der Waals surface area contributed by atoms with E-state index in [1.54, 1.807) is 12.1 Å². The van der Waals surface area contributed by atoms with E-state index in [0.717, 1.165) is 21.3 Å². The summed E-state index contributed by atoms with van der Waals surface area (Å²) < 4.78 is 6.80. The van der Waals surface area contributed by atoms with Gasteiger partial charge in [-0.15, -0.1) is 0 Å². The van der Waals surface area contributed by atoms with Crippen LogP contribution in [0.1, 0.15) is 24.1 Å². The van der Waals surface area contributed by atoms with Crippen LogP contribution in [-0.4, -0.2) is 0 Å². The summed E-state index contributed by atoms with van der Waals surface area (Å²) in [7, 11) is 0. The van der Waals surface area contributed by atoms with Gasteiger partial charge in [-0.1, -0.05) is 51.3 Å². The molecule has 0 bridgehead atoms. The fourth-order valence-electron chi connectivity index (χ4n) is 1.80. The monoisotopic (exact) mass is 373 g/mol. The molecular weight excluding hydrogens is 361 g/mol. The van der Waals surface area contributed by atoms with Gasteiger partial charge in [0, 0.05) is 16.1 Å². The molecule has 0 aliphatic rings. The van der Waals surface area contributed by atoms with Crippen molar-refractivity contribution >= 4 is 39.1 Å². The zero-order valence-electron chi connectivity index (χ0n) is 10.9. The standard InChI is InChI=1S/C15H14BrCl2NO/c1-9(19)12-4-3-11(16)7-15(12)20-8-10-2-5-13(17)14(18)6-10/h2-7,9H,8,19H2,1H3/t9-/m0/s1. The van der Waals surface area contributed by atoms with Crippen LogP contribution in [0, 0.1) is 0 Å². The van der Waals surface area contributed by atoms with E-state index in [1.807, 2.05) is 31.2 Å². The molecule has 20 heavy (non-hydrogen) atoms. The molecular formula is C15H14BrCl2NO. The molecule has 106 valence electrons. The molecule has 2 rings (SSSR count). The third kappa shape index (κ3) is 3.89. The Kier molecular flexibility index (Phi) is 5.33. The lowest BCUT2D eigenvalue weighted by atomic mass is 10.1. The number of ether oxygens (including phenoxy) is 1. The minimum Gasteiger partial charge on any atom is -0.489 e. The van der Waals surface area contributed by atoms with Crippen LogP contribution in [0.3, 0.4) is 0 Å². The van der Waals surface area contributed by atoms with Gasteiger partial charge in [0.1, 0.15) is 12.4 Å². The van der Waals surface area contributed by atoms with Crippen molar-refractivity contribution in [2.45, 2.75) is 19.6 Å². The third-order valence-corrected chi connectivity index (χ3v) is 4.08. The van der Waals surface area contributed by atoms with Gasteiger partial charge in [-0.3, -0.25) is 0 Å². The van der Waals surface area contributed by atoms with Crippen molar-refractivity contribution in [3.8, 4) is 5.75 Å². The molecule has 0 saturated heterocycles. The van der Waals surface area contributed by atoms with Crippen molar-refractivity contribution in [2.75, 3.05) is 0 Å². The second kappa shape index (κ2) is 6.81. The molecule has 2 N–H and O–H groups in total. The maximum absolute atomic E-state index is 5.99. The van der Waals surface area contributed by atoms with Crippen molar-refractivity contribution in [2.24, 2.45) is 5.73 Å². The van der Waals surface area contributed by atoms with Crippen molar-refractivity contribution in [1.29, 1.82) is 0 Å². The minimum absolute atomic E-state index is 0.0908. The van der Waals surface area contributed by atoms with Crippen molar-refractivity contribution < 1.29 is 4.74 Å². The van der Waals surface area contributed by atoms with Crippen LogP contribution in [0.4, 0.5) is 0 Å². The number of hydrogen-bond acceptors (Lipinski definition) is 2. The van der Waals surface area contributed by atoms with Gasteiger partial charge < -0.3 is 10.5 Å². The average molecular weight is 375 g/mol. The summed E-state index contributed by atoms with van der Waals surface area (Å²) in [6.45, 7) is 2.34. The summed E-state index contributed by atoms with van der Waals surface area (Å²) in [4.78, 5) is 0. The Morgan fingerprint density at radius 1 is 1.15 bits per heavy atom. The Hall–Kier alpha value is -0.740. The highest BCUT2D eigenvalue weighted by atomic mass is 79.9. The smallest absolute Gasteiger partial charge is 0.125 e. The number of hydrogen-bond donors (Lipinski definition) is 1. The second-order valence-corrected chi connectivity index (χ2v) is 6.24. The van der Waals surface area contributed by atoms with E-state index in [4.69, 9.17) is 33.7 Å². The second-order valence-electron chi connectivity index (χ2n) is 4.51. The first-order valence-corrected chi connectivity index (χ1v) is 7.64. The minimum atomic E-state index is -0.0908. The number of rotatable bonds is 4. The van der Waals surface area contributed by atoms with E-state index < -0.39 is 0 Å². The summed E-state index contributed by atoms with van der Waals surface area (Å²) in [6, 6.07) is 11.2. The molecule has 0 radical (unpaired) electrons. The van der Waals surface area contributed by atoms with E-state index in [-0.39, 0.29) is 6.04 Å². The summed E-state index contributed by atoms with van der Waals surface area (Å²) >= 11 is 15.3. The van der Waals surface area contributed by atoms with Crippen LogP contribution in [-0.2, 0) is 6.61 Å². The van der Waals surface area contributed by atoms with Gasteiger partial charge >= 0.3 is 0 Å². The Morgan fingerprint density at radius 2 is 1.90 bits per heavy atom. The third-order valence-electron chi connectivity index (χ3n) is 2.84. The Labute approximate surface area is 137 Å². The van der Waals surface area contributed by atoms with E-state index in [0.29, 0.717) is 16.7 Å². The first-order valence-electron chi connectivity index (χ1n) is 6.09. The zero-order chi connectivity index (χ0) is 14.7. The van der Waals surface area contributed by atoms with E-state index in [2.05, 4.69) is 15.9 Å². The van der Waals surface area contributed by atoms with Gasteiger partial charge in [0.15, 0.2) is 0 Å². The fourth-order valence-corrected chi connectivity index (χ4v) is 2.46. The highest BCUT2D eigenvalue weighted by Gasteiger charge is 2.09. The molecule has 0 heterocycles. The molecule has 5 heteroatoms. The molecule has 1 atom stereocenters. The molecule has 2 nitrogen and oxygen atoms in total. The Balaban J connectivity index is 2.17. The average Bonchev–Trinajstić information content (AvgIpc) is 2.40. The summed E-state index contributed by atoms with van der Waals surface area (Å²) in [6.07, 6.45) is 0. The quantitative estimate of drug-likeness (QED) is 0.782. The molecule has 0 saturated carbocycles. The Bertz CT molecular complexity index is 617. The van der Waals surface area contributed by atoms with Crippen LogP contribution >= 0.6 is 39.1 Å². The van der Waals surface area contributed by atoms with Gasteiger partial charge in [-0.25, -0.2) is 0 Å². The molecule has 0 unspecified atom stereocenters. The van der Waals surface area contributed by atoms with Gasteiger partial charge in [-0.2, -0.15) is 0 Å². The topological polar surface area (TPSA) is 35.2 Å². The molecule has 0 amide bonds. The molecule has 0 aromatic heterocycles. The van der Waals surface area contributed by atoms with Gasteiger partial charge in [-0.05, 0) is 36.8 Å². The lowest BCUT2D eigenvalue weighted by Crippen LogP contribution is -2.08. The predicted octanol–water partition coefficient (Wildman–Crippen LogP) is 5.35. The van der Waals surface area contributed by atoms with Gasteiger partial charge in [0.05, 0.1) is 10.0 Å². The van der Waals surface area contributed by atoms with Crippen molar-refractivity contribution in [1.82, 2.24) is 0 Å². The lowest BCUT2D eigenvalue weighted by molar-refractivity contribution is 0.301. The SMILES string of the molecule is C[C@H](N)c1ccc(Br)cc1OCc1ccc(Cl)c(Cl)c1. The van der Waals surface area contributed by atoms with Crippen LogP contribution in [0.25, 0.3) is 0 Å². The summed E-state index contributed by atoms with van der Waals surface area (Å²) in [5.74, 6) is 0.764. The number of benzene rings is 2. The van der Waals surface area contributed by atoms with Crippen molar-refractivity contribution in [3.63, 3.8) is 0 Å². The lowest BCUT2D eigenvalue weighted by Gasteiger charge is -2.14. The largest absolute Gasteiger partial charge is 0.489 e. The van der Waals surface area contributed by atoms with E-state index in [1.165, 1.54) is 0 Å². The molecule has 0 fully saturated rings. The molecule has 2 aromatic carbocycles.